The second-order valence-electron chi connectivity index (χ2n) is 8.60. The minimum atomic E-state index is -4.27. The van der Waals surface area contributed by atoms with Gasteiger partial charge in [0.05, 0.1) is 5.56 Å². The van der Waals surface area contributed by atoms with Gasteiger partial charge in [0.25, 0.3) is 5.91 Å². The normalized spacial score (nSPS) is 19.4. The molecule has 0 bridgehead atoms. The van der Waals surface area contributed by atoms with Gasteiger partial charge in [-0.3, -0.25) is 9.69 Å². The van der Waals surface area contributed by atoms with Crippen molar-refractivity contribution in [1.82, 2.24) is 14.4 Å². The van der Waals surface area contributed by atoms with Crippen LogP contribution >= 0.6 is 0 Å². The number of piperazine rings is 1. The number of halogens is 3. The zero-order chi connectivity index (χ0) is 21.7. The molecule has 30 heavy (non-hydrogen) atoms. The van der Waals surface area contributed by atoms with E-state index in [1.54, 1.807) is 0 Å². The first-order valence-electron chi connectivity index (χ1n) is 11.1. The molecule has 2 heterocycles. The van der Waals surface area contributed by atoms with Gasteiger partial charge in [-0.05, 0) is 39.2 Å². The second-order valence-corrected chi connectivity index (χ2v) is 8.60. The third-order valence-corrected chi connectivity index (χ3v) is 6.34. The van der Waals surface area contributed by atoms with Crippen molar-refractivity contribution < 1.29 is 22.7 Å². The van der Waals surface area contributed by atoms with Crippen LogP contribution in [0.4, 0.5) is 13.2 Å². The van der Waals surface area contributed by atoms with E-state index < -0.39 is 12.8 Å². The maximum atomic E-state index is 13.1. The molecule has 1 saturated carbocycles. The molecular weight excluding hydrogens is 395 g/mol. The van der Waals surface area contributed by atoms with E-state index in [0.717, 1.165) is 24.3 Å². The Kier molecular flexibility index (Phi) is 7.85. The summed E-state index contributed by atoms with van der Waals surface area (Å²) in [5.74, 6) is 0.0957. The van der Waals surface area contributed by atoms with Crippen molar-refractivity contribution in [2.75, 3.05) is 45.9 Å². The SMILES string of the molecule is Cc1cc(C(=O)N2CCN(CCCOCC(F)(F)F)CC2)c(C)n1C1CCCCC1. The summed E-state index contributed by atoms with van der Waals surface area (Å²) in [6.45, 7) is 6.54. The number of ether oxygens (including phenoxy) is 1. The van der Waals surface area contributed by atoms with Crippen LogP contribution in [0.2, 0.25) is 0 Å². The quantitative estimate of drug-likeness (QED) is 0.606. The first kappa shape index (κ1) is 23.1. The van der Waals surface area contributed by atoms with Gasteiger partial charge in [0.15, 0.2) is 0 Å². The maximum absolute atomic E-state index is 13.1. The van der Waals surface area contributed by atoms with Crippen molar-refractivity contribution in [2.45, 2.75) is 64.6 Å². The molecule has 1 aliphatic carbocycles. The first-order chi connectivity index (χ1) is 14.3. The molecule has 8 heteroatoms. The minimum absolute atomic E-state index is 0.0957. The van der Waals surface area contributed by atoms with Crippen LogP contribution in [0.5, 0.6) is 0 Å². The van der Waals surface area contributed by atoms with Crippen molar-refractivity contribution in [3.8, 4) is 0 Å². The van der Waals surface area contributed by atoms with Gasteiger partial charge in [-0.1, -0.05) is 19.3 Å². The summed E-state index contributed by atoms with van der Waals surface area (Å²) in [4.78, 5) is 17.2. The summed E-state index contributed by atoms with van der Waals surface area (Å²) in [6.07, 6.45) is 2.50. The van der Waals surface area contributed by atoms with E-state index in [-0.39, 0.29) is 12.5 Å². The predicted octanol–water partition coefficient (Wildman–Crippen LogP) is 4.34. The number of alkyl halides is 3. The molecule has 0 spiro atoms. The molecule has 1 aromatic heterocycles. The summed E-state index contributed by atoms with van der Waals surface area (Å²) in [5, 5.41) is 0. The number of carbonyl (C=O) groups excluding carboxylic acids is 1. The fraction of sp³-hybridized carbons (Fsp3) is 0.773. The third kappa shape index (κ3) is 6.00. The van der Waals surface area contributed by atoms with E-state index in [1.807, 2.05) is 11.0 Å². The third-order valence-electron chi connectivity index (χ3n) is 6.34. The smallest absolute Gasteiger partial charge is 0.372 e. The lowest BCUT2D eigenvalue weighted by atomic mass is 9.95. The lowest BCUT2D eigenvalue weighted by molar-refractivity contribution is -0.174. The van der Waals surface area contributed by atoms with Crippen LogP contribution in [0, 0.1) is 13.8 Å². The zero-order valence-electron chi connectivity index (χ0n) is 18.1. The number of rotatable bonds is 7. The monoisotopic (exact) mass is 429 g/mol. The van der Waals surface area contributed by atoms with E-state index in [2.05, 4.69) is 28.1 Å². The molecular formula is C22H34F3N3O2. The summed E-state index contributed by atoms with van der Waals surface area (Å²) in [7, 11) is 0. The van der Waals surface area contributed by atoms with E-state index in [9.17, 15) is 18.0 Å². The Bertz CT molecular complexity index is 703. The van der Waals surface area contributed by atoms with Gasteiger partial charge >= 0.3 is 6.18 Å². The average molecular weight is 430 g/mol. The predicted molar refractivity (Wildman–Crippen MR) is 110 cm³/mol. The van der Waals surface area contributed by atoms with E-state index in [4.69, 9.17) is 0 Å². The van der Waals surface area contributed by atoms with Gasteiger partial charge in [-0.25, -0.2) is 0 Å². The number of hydrogen-bond donors (Lipinski definition) is 0. The Morgan fingerprint density at radius 3 is 2.40 bits per heavy atom. The lowest BCUT2D eigenvalue weighted by Gasteiger charge is -2.34. The molecule has 1 aliphatic heterocycles. The molecule has 0 aromatic carbocycles. The number of aromatic nitrogens is 1. The molecule has 1 aromatic rings. The topological polar surface area (TPSA) is 37.7 Å². The Balaban J connectivity index is 1.47. The summed E-state index contributed by atoms with van der Waals surface area (Å²) in [6, 6.07) is 2.55. The van der Waals surface area contributed by atoms with Crippen LogP contribution < -0.4 is 0 Å². The van der Waals surface area contributed by atoms with Crippen molar-refractivity contribution in [1.29, 1.82) is 0 Å². The van der Waals surface area contributed by atoms with Crippen LogP contribution in [0.1, 0.15) is 66.3 Å². The van der Waals surface area contributed by atoms with Crippen LogP contribution in [-0.2, 0) is 4.74 Å². The van der Waals surface area contributed by atoms with Gasteiger partial charge < -0.3 is 14.2 Å². The fourth-order valence-corrected chi connectivity index (χ4v) is 4.82. The number of carbonyl (C=O) groups is 1. The zero-order valence-corrected chi connectivity index (χ0v) is 18.1. The van der Waals surface area contributed by atoms with E-state index in [1.165, 1.54) is 37.8 Å². The van der Waals surface area contributed by atoms with Crippen LogP contribution in [0.25, 0.3) is 0 Å². The van der Waals surface area contributed by atoms with Crippen LogP contribution in [0.3, 0.4) is 0 Å². The lowest BCUT2D eigenvalue weighted by Crippen LogP contribution is -2.49. The largest absolute Gasteiger partial charge is 0.411 e. The Morgan fingerprint density at radius 2 is 1.77 bits per heavy atom. The Hall–Kier alpha value is -1.54. The van der Waals surface area contributed by atoms with Crippen molar-refractivity contribution in [3.05, 3.63) is 23.0 Å². The standard InChI is InChI=1S/C22H34F3N3O2/c1-17-15-20(18(2)28(17)19-7-4-3-5-8-19)21(29)27-12-10-26(11-13-27)9-6-14-30-16-22(23,24)25/h15,19H,3-14,16H2,1-2H3. The second kappa shape index (κ2) is 10.2. The summed E-state index contributed by atoms with van der Waals surface area (Å²) >= 11 is 0. The van der Waals surface area contributed by atoms with Crippen molar-refractivity contribution in [2.24, 2.45) is 0 Å². The highest BCUT2D eigenvalue weighted by Crippen LogP contribution is 2.32. The van der Waals surface area contributed by atoms with Crippen LogP contribution in [0.15, 0.2) is 6.07 Å². The van der Waals surface area contributed by atoms with Gasteiger partial charge in [-0.15, -0.1) is 0 Å². The van der Waals surface area contributed by atoms with Crippen molar-refractivity contribution >= 4 is 5.91 Å². The maximum Gasteiger partial charge on any atom is 0.411 e. The Morgan fingerprint density at radius 1 is 1.10 bits per heavy atom. The molecule has 0 N–H and O–H groups in total. The number of hydrogen-bond acceptors (Lipinski definition) is 3. The summed E-state index contributed by atoms with van der Waals surface area (Å²) < 4.78 is 43.3. The molecule has 0 radical (unpaired) electrons. The van der Waals surface area contributed by atoms with E-state index >= 15 is 0 Å². The van der Waals surface area contributed by atoms with Gasteiger partial charge in [-0.2, -0.15) is 13.2 Å². The molecule has 1 amide bonds. The average Bonchev–Trinajstić information content (AvgIpc) is 3.01. The molecule has 170 valence electrons. The van der Waals surface area contributed by atoms with Gasteiger partial charge in [0.1, 0.15) is 6.61 Å². The molecule has 3 rings (SSSR count). The molecule has 1 saturated heterocycles. The molecule has 0 unspecified atom stereocenters. The first-order valence-corrected chi connectivity index (χ1v) is 11.1. The number of nitrogens with zero attached hydrogens (tertiary/aromatic N) is 3. The number of aryl methyl sites for hydroxylation is 1. The molecule has 2 aliphatic rings. The number of amides is 1. The van der Waals surface area contributed by atoms with Crippen LogP contribution in [-0.4, -0.2) is 72.4 Å². The van der Waals surface area contributed by atoms with Gasteiger partial charge in [0, 0.05) is 56.8 Å². The van der Waals surface area contributed by atoms with E-state index in [0.29, 0.717) is 32.1 Å². The Labute approximate surface area is 177 Å². The summed E-state index contributed by atoms with van der Waals surface area (Å²) in [5.41, 5.74) is 3.06. The highest BCUT2D eigenvalue weighted by atomic mass is 19.4. The fourth-order valence-electron chi connectivity index (χ4n) is 4.82. The van der Waals surface area contributed by atoms with Gasteiger partial charge in [0.2, 0.25) is 0 Å². The highest BCUT2D eigenvalue weighted by Gasteiger charge is 2.28. The molecule has 0 atom stereocenters. The van der Waals surface area contributed by atoms with Crippen molar-refractivity contribution in [3.63, 3.8) is 0 Å². The minimum Gasteiger partial charge on any atom is -0.372 e. The highest BCUT2D eigenvalue weighted by molar-refractivity contribution is 5.95. The molecule has 5 nitrogen and oxygen atoms in total. The molecule has 2 fully saturated rings.